The Bertz CT molecular complexity index is 465. The van der Waals surface area contributed by atoms with Crippen molar-refractivity contribution >= 4 is 11.7 Å². The summed E-state index contributed by atoms with van der Waals surface area (Å²) < 4.78 is 0. The molecule has 2 N–H and O–H groups in total. The lowest BCUT2D eigenvalue weighted by Gasteiger charge is -2.26. The van der Waals surface area contributed by atoms with Crippen LogP contribution in [0.1, 0.15) is 37.7 Å². The lowest BCUT2D eigenvalue weighted by molar-refractivity contribution is 0.200. The molecular weight excluding hydrogens is 250 g/mol. The molecule has 0 bridgehead atoms. The predicted molar refractivity (Wildman–Crippen MR) is 80.7 cm³/mol. The zero-order valence-corrected chi connectivity index (χ0v) is 11.9. The Morgan fingerprint density at radius 3 is 2.75 bits per heavy atom. The number of urea groups is 1. The zero-order chi connectivity index (χ0) is 13.8. The average molecular weight is 273 g/mol. The van der Waals surface area contributed by atoms with Crippen LogP contribution >= 0.6 is 0 Å². The first kappa shape index (κ1) is 13.4. The number of anilines is 1. The normalized spacial score (nSPS) is 18.9. The fourth-order valence-electron chi connectivity index (χ4n) is 2.61. The van der Waals surface area contributed by atoms with Crippen LogP contribution in [0.4, 0.5) is 10.5 Å². The van der Waals surface area contributed by atoms with E-state index in [1.54, 1.807) is 0 Å². The maximum Gasteiger partial charge on any atom is 0.321 e. The highest BCUT2D eigenvalue weighted by molar-refractivity contribution is 5.89. The Morgan fingerprint density at radius 2 is 2.00 bits per heavy atom. The Balaban J connectivity index is 1.55. The van der Waals surface area contributed by atoms with E-state index >= 15 is 0 Å². The summed E-state index contributed by atoms with van der Waals surface area (Å²) in [6.07, 6.45) is 6.08. The lowest BCUT2D eigenvalue weighted by Crippen LogP contribution is -2.38. The highest BCUT2D eigenvalue weighted by Gasteiger charge is 2.20. The number of nitrogens with one attached hydrogen (secondary N) is 2. The second kappa shape index (κ2) is 6.27. The number of hydrogen-bond donors (Lipinski definition) is 2. The molecule has 2 aliphatic rings. The number of likely N-dealkylation sites (tertiary alicyclic amines) is 1. The van der Waals surface area contributed by atoms with Crippen LogP contribution in [0.15, 0.2) is 24.3 Å². The molecule has 2 amide bonds. The average Bonchev–Trinajstić information content (AvgIpc) is 3.31. The fourth-order valence-corrected chi connectivity index (χ4v) is 2.61. The van der Waals surface area contributed by atoms with Crippen LogP contribution in [0.5, 0.6) is 0 Å². The van der Waals surface area contributed by atoms with Crippen molar-refractivity contribution in [3.05, 3.63) is 29.8 Å². The standard InChI is InChI=1S/C16H23N3O/c20-16(19-9-2-1-3-10-19)18-15-6-4-5-13(11-15)12-17-14-7-8-14/h4-6,11,14,17H,1-3,7-10,12H2,(H,18,20). The van der Waals surface area contributed by atoms with Gasteiger partial charge in [-0.05, 0) is 49.8 Å². The summed E-state index contributed by atoms with van der Waals surface area (Å²) in [6.45, 7) is 2.65. The number of hydrogen-bond acceptors (Lipinski definition) is 2. The first-order valence-corrected chi connectivity index (χ1v) is 7.69. The van der Waals surface area contributed by atoms with Gasteiger partial charge in [0.15, 0.2) is 0 Å². The predicted octanol–water partition coefficient (Wildman–Crippen LogP) is 2.96. The molecule has 1 aromatic carbocycles. The number of piperidine rings is 1. The van der Waals surface area contributed by atoms with Gasteiger partial charge in [-0.2, -0.15) is 0 Å². The monoisotopic (exact) mass is 273 g/mol. The van der Waals surface area contributed by atoms with E-state index < -0.39 is 0 Å². The largest absolute Gasteiger partial charge is 0.325 e. The van der Waals surface area contributed by atoms with E-state index in [4.69, 9.17) is 0 Å². The van der Waals surface area contributed by atoms with Crippen LogP contribution in [0.3, 0.4) is 0 Å². The Morgan fingerprint density at radius 1 is 1.20 bits per heavy atom. The molecule has 4 heteroatoms. The van der Waals surface area contributed by atoms with E-state index in [1.807, 2.05) is 17.0 Å². The van der Waals surface area contributed by atoms with Gasteiger partial charge in [-0.15, -0.1) is 0 Å². The molecule has 1 heterocycles. The van der Waals surface area contributed by atoms with Crippen molar-refractivity contribution in [2.45, 2.75) is 44.7 Å². The van der Waals surface area contributed by atoms with E-state index in [-0.39, 0.29) is 6.03 Å². The summed E-state index contributed by atoms with van der Waals surface area (Å²) in [5, 5.41) is 6.51. The SMILES string of the molecule is O=C(Nc1cccc(CNC2CC2)c1)N1CCCCC1. The van der Waals surface area contributed by atoms with Crippen molar-refractivity contribution in [1.29, 1.82) is 0 Å². The molecule has 0 radical (unpaired) electrons. The van der Waals surface area contributed by atoms with Crippen molar-refractivity contribution in [2.75, 3.05) is 18.4 Å². The van der Waals surface area contributed by atoms with Gasteiger partial charge in [0.05, 0.1) is 0 Å². The van der Waals surface area contributed by atoms with Gasteiger partial charge in [0.25, 0.3) is 0 Å². The van der Waals surface area contributed by atoms with E-state index in [0.717, 1.165) is 38.2 Å². The van der Waals surface area contributed by atoms with Crippen LogP contribution in [0.25, 0.3) is 0 Å². The molecule has 0 unspecified atom stereocenters. The second-order valence-corrected chi connectivity index (χ2v) is 5.83. The summed E-state index contributed by atoms with van der Waals surface area (Å²) in [5.41, 5.74) is 2.13. The van der Waals surface area contributed by atoms with Gasteiger partial charge in [-0.1, -0.05) is 12.1 Å². The highest BCUT2D eigenvalue weighted by atomic mass is 16.2. The molecule has 2 fully saturated rings. The van der Waals surface area contributed by atoms with Gasteiger partial charge in [0, 0.05) is 31.4 Å². The lowest BCUT2D eigenvalue weighted by atomic mass is 10.1. The van der Waals surface area contributed by atoms with Crippen LogP contribution < -0.4 is 10.6 Å². The molecule has 108 valence electrons. The van der Waals surface area contributed by atoms with Crippen molar-refractivity contribution in [2.24, 2.45) is 0 Å². The third-order valence-corrected chi connectivity index (χ3v) is 3.99. The van der Waals surface area contributed by atoms with Crippen molar-refractivity contribution in [3.8, 4) is 0 Å². The van der Waals surface area contributed by atoms with E-state index in [2.05, 4.69) is 22.8 Å². The molecule has 1 aliphatic heterocycles. The Labute approximate surface area is 120 Å². The van der Waals surface area contributed by atoms with Crippen LogP contribution in [-0.2, 0) is 6.54 Å². The Kier molecular flexibility index (Phi) is 4.21. The summed E-state index contributed by atoms with van der Waals surface area (Å²) in [5.74, 6) is 0. The summed E-state index contributed by atoms with van der Waals surface area (Å²) in [4.78, 5) is 14.1. The molecule has 1 saturated carbocycles. The van der Waals surface area contributed by atoms with Crippen molar-refractivity contribution in [1.82, 2.24) is 10.2 Å². The molecule has 0 atom stereocenters. The topological polar surface area (TPSA) is 44.4 Å². The summed E-state index contributed by atoms with van der Waals surface area (Å²) in [6, 6.07) is 8.89. The minimum atomic E-state index is 0.0389. The zero-order valence-electron chi connectivity index (χ0n) is 11.9. The van der Waals surface area contributed by atoms with Crippen molar-refractivity contribution in [3.63, 3.8) is 0 Å². The number of amides is 2. The van der Waals surface area contributed by atoms with Gasteiger partial charge < -0.3 is 15.5 Å². The maximum absolute atomic E-state index is 12.2. The number of carbonyl (C=O) groups is 1. The fraction of sp³-hybridized carbons (Fsp3) is 0.562. The molecule has 20 heavy (non-hydrogen) atoms. The number of nitrogens with zero attached hydrogens (tertiary/aromatic N) is 1. The summed E-state index contributed by atoms with van der Waals surface area (Å²) in [7, 11) is 0. The minimum absolute atomic E-state index is 0.0389. The molecule has 1 aromatic rings. The number of rotatable bonds is 4. The van der Waals surface area contributed by atoms with Gasteiger partial charge >= 0.3 is 6.03 Å². The first-order chi connectivity index (χ1) is 9.81. The quantitative estimate of drug-likeness (QED) is 0.886. The number of carbonyl (C=O) groups excluding carboxylic acids is 1. The number of benzene rings is 1. The molecule has 0 aromatic heterocycles. The molecule has 1 saturated heterocycles. The van der Waals surface area contributed by atoms with Crippen LogP contribution in [-0.4, -0.2) is 30.1 Å². The smallest absolute Gasteiger partial charge is 0.321 e. The van der Waals surface area contributed by atoms with E-state index in [0.29, 0.717) is 6.04 Å². The third kappa shape index (κ3) is 3.73. The van der Waals surface area contributed by atoms with Crippen molar-refractivity contribution < 1.29 is 4.79 Å². The van der Waals surface area contributed by atoms with Gasteiger partial charge in [0.2, 0.25) is 0 Å². The summed E-state index contributed by atoms with van der Waals surface area (Å²) >= 11 is 0. The first-order valence-electron chi connectivity index (χ1n) is 7.69. The molecular formula is C16H23N3O. The highest BCUT2D eigenvalue weighted by Crippen LogP contribution is 2.20. The van der Waals surface area contributed by atoms with Gasteiger partial charge in [-0.25, -0.2) is 4.79 Å². The molecule has 0 spiro atoms. The Hall–Kier alpha value is -1.55. The van der Waals surface area contributed by atoms with Crippen LogP contribution in [0.2, 0.25) is 0 Å². The second-order valence-electron chi connectivity index (χ2n) is 5.83. The molecule has 1 aliphatic carbocycles. The minimum Gasteiger partial charge on any atom is -0.325 e. The molecule has 4 nitrogen and oxygen atoms in total. The molecule has 3 rings (SSSR count). The maximum atomic E-state index is 12.2. The van der Waals surface area contributed by atoms with E-state index in [9.17, 15) is 4.79 Å². The van der Waals surface area contributed by atoms with Gasteiger partial charge in [0.1, 0.15) is 0 Å². The van der Waals surface area contributed by atoms with E-state index in [1.165, 1.54) is 24.8 Å². The van der Waals surface area contributed by atoms with Gasteiger partial charge in [-0.3, -0.25) is 0 Å². The third-order valence-electron chi connectivity index (χ3n) is 3.99. The van der Waals surface area contributed by atoms with Crippen LogP contribution in [0, 0.1) is 0 Å².